The van der Waals surface area contributed by atoms with Gasteiger partial charge < -0.3 is 3.07 Å². The lowest BCUT2D eigenvalue weighted by Crippen LogP contribution is -2.01. The van der Waals surface area contributed by atoms with Crippen molar-refractivity contribution in [1.82, 2.24) is 24.9 Å². The number of halogens is 1. The first kappa shape index (κ1) is 30.5. The minimum absolute atomic E-state index is 0.492. The van der Waals surface area contributed by atoms with Crippen LogP contribution in [0.2, 0.25) is 0 Å². The number of aromatic nitrogens is 5. The number of para-hydroxylation sites is 1. The number of hydrogen-bond donors (Lipinski definition) is 0. The SMILES string of the molecule is IOc1ccccc1-c1ccc2ccc3ccc(-c4nc(-c5ccccc5)nc(-c5ccc6c7ccccc7c7ccccc7c6c5)n4)nc3c2n1. The molecule has 10 aromatic rings. The van der Waals surface area contributed by atoms with E-state index < -0.39 is 0 Å². The van der Waals surface area contributed by atoms with Gasteiger partial charge in [-0.05, 0) is 62.6 Å². The summed E-state index contributed by atoms with van der Waals surface area (Å²) in [7, 11) is 0. The second-order valence-corrected chi connectivity index (χ2v) is 13.1. The molecule has 0 N–H and O–H groups in total. The summed E-state index contributed by atoms with van der Waals surface area (Å²) in [4.78, 5) is 25.5. The van der Waals surface area contributed by atoms with Gasteiger partial charge in [0.05, 0.1) is 16.7 Å². The van der Waals surface area contributed by atoms with E-state index in [0.717, 1.165) is 55.3 Å². The molecule has 7 aromatic carbocycles. The zero-order chi connectivity index (χ0) is 34.6. The molecule has 3 heterocycles. The lowest BCUT2D eigenvalue weighted by molar-refractivity contribution is 0.719. The van der Waals surface area contributed by atoms with Crippen molar-refractivity contribution in [2.24, 2.45) is 0 Å². The first-order chi connectivity index (χ1) is 25.7. The van der Waals surface area contributed by atoms with Gasteiger partial charge in [-0.25, -0.2) is 24.9 Å². The fourth-order valence-corrected chi connectivity index (χ4v) is 7.55. The van der Waals surface area contributed by atoms with E-state index in [9.17, 15) is 0 Å². The molecular weight excluding hydrogens is 753 g/mol. The maximum Gasteiger partial charge on any atom is 0.192 e. The molecule has 52 heavy (non-hydrogen) atoms. The number of rotatable bonds is 5. The third kappa shape index (κ3) is 5.12. The van der Waals surface area contributed by atoms with E-state index in [1.165, 1.54) is 26.9 Å². The molecule has 0 saturated heterocycles. The number of benzene rings is 7. The van der Waals surface area contributed by atoms with Crippen LogP contribution in [0.4, 0.5) is 0 Å². The average molecular weight is 780 g/mol. The van der Waals surface area contributed by atoms with Gasteiger partial charge in [0.15, 0.2) is 40.5 Å². The fourth-order valence-electron chi connectivity index (χ4n) is 7.17. The molecule has 0 aliphatic heterocycles. The van der Waals surface area contributed by atoms with Crippen molar-refractivity contribution in [3.05, 3.63) is 158 Å². The molecule has 7 heteroatoms. The van der Waals surface area contributed by atoms with E-state index in [4.69, 9.17) is 28.0 Å². The van der Waals surface area contributed by atoms with Crippen molar-refractivity contribution < 1.29 is 3.07 Å². The molecule has 0 saturated carbocycles. The van der Waals surface area contributed by atoms with Gasteiger partial charge in [-0.1, -0.05) is 127 Å². The Labute approximate surface area is 312 Å². The summed E-state index contributed by atoms with van der Waals surface area (Å²) in [6.07, 6.45) is 0. The highest BCUT2D eigenvalue weighted by molar-refractivity contribution is 14.1. The summed E-state index contributed by atoms with van der Waals surface area (Å²) in [6, 6.07) is 53.9. The van der Waals surface area contributed by atoms with Crippen LogP contribution in [0.5, 0.6) is 5.75 Å². The summed E-state index contributed by atoms with van der Waals surface area (Å²) < 4.78 is 5.63. The maximum absolute atomic E-state index is 5.63. The maximum atomic E-state index is 5.63. The molecule has 0 aliphatic carbocycles. The Morgan fingerprint density at radius 3 is 1.54 bits per heavy atom. The Bertz CT molecular complexity index is 2990. The Hall–Kier alpha value is -6.32. The summed E-state index contributed by atoms with van der Waals surface area (Å²) in [6.45, 7) is 0. The lowest BCUT2D eigenvalue weighted by atomic mass is 9.93. The van der Waals surface area contributed by atoms with E-state index in [1.54, 1.807) is 0 Å². The van der Waals surface area contributed by atoms with Crippen LogP contribution in [0.3, 0.4) is 0 Å². The molecule has 0 atom stereocenters. The van der Waals surface area contributed by atoms with E-state index in [-0.39, 0.29) is 0 Å². The van der Waals surface area contributed by atoms with Gasteiger partial charge >= 0.3 is 0 Å². The molecule has 0 fully saturated rings. The normalized spacial score (nSPS) is 11.6. The molecule has 244 valence electrons. The lowest BCUT2D eigenvalue weighted by Gasteiger charge is -2.13. The van der Waals surface area contributed by atoms with Crippen LogP contribution in [0.1, 0.15) is 0 Å². The van der Waals surface area contributed by atoms with Crippen LogP contribution < -0.4 is 3.07 Å². The van der Waals surface area contributed by atoms with Gasteiger partial charge in [0, 0.05) is 27.5 Å². The summed E-state index contributed by atoms with van der Waals surface area (Å²) in [5, 5.41) is 9.19. The Morgan fingerprint density at radius 2 is 0.865 bits per heavy atom. The van der Waals surface area contributed by atoms with E-state index in [0.29, 0.717) is 23.2 Å². The van der Waals surface area contributed by atoms with Gasteiger partial charge in [-0.2, -0.15) is 0 Å². The zero-order valence-corrected chi connectivity index (χ0v) is 29.7. The van der Waals surface area contributed by atoms with Crippen LogP contribution in [0.15, 0.2) is 158 Å². The third-order valence-corrected chi connectivity index (χ3v) is 10.1. The van der Waals surface area contributed by atoms with Gasteiger partial charge in [-0.15, -0.1) is 0 Å². The second-order valence-electron chi connectivity index (χ2n) is 12.7. The zero-order valence-electron chi connectivity index (χ0n) is 27.5. The Kier molecular flexibility index (Phi) is 7.31. The summed E-state index contributed by atoms with van der Waals surface area (Å²) in [5.41, 5.74) is 5.74. The number of pyridine rings is 2. The summed E-state index contributed by atoms with van der Waals surface area (Å²) >= 11 is 1.91. The average Bonchev–Trinajstić information content (AvgIpc) is 3.23. The highest BCUT2D eigenvalue weighted by Gasteiger charge is 2.17. The number of hydrogen-bond acceptors (Lipinski definition) is 6. The minimum Gasteiger partial charge on any atom is -0.427 e. The van der Waals surface area contributed by atoms with Gasteiger partial charge in [0.1, 0.15) is 11.4 Å². The minimum atomic E-state index is 0.492. The van der Waals surface area contributed by atoms with Crippen LogP contribution in [0, 0.1) is 0 Å². The first-order valence-electron chi connectivity index (χ1n) is 17.0. The van der Waals surface area contributed by atoms with Crippen LogP contribution in [0.25, 0.3) is 99.7 Å². The highest BCUT2D eigenvalue weighted by Crippen LogP contribution is 2.38. The molecule has 3 aromatic heterocycles. The molecular formula is C45H26IN5O. The third-order valence-electron chi connectivity index (χ3n) is 9.66. The van der Waals surface area contributed by atoms with Crippen molar-refractivity contribution in [2.75, 3.05) is 0 Å². The molecule has 0 unspecified atom stereocenters. The van der Waals surface area contributed by atoms with E-state index in [1.807, 2.05) is 89.7 Å². The number of fused-ring (bicyclic) bond motifs is 9. The molecule has 0 bridgehead atoms. The molecule has 0 radical (unpaired) electrons. The monoisotopic (exact) mass is 779 g/mol. The predicted molar refractivity (Wildman–Crippen MR) is 219 cm³/mol. The predicted octanol–water partition coefficient (Wildman–Crippen LogP) is 11.8. The van der Waals surface area contributed by atoms with Crippen molar-refractivity contribution >= 4 is 77.1 Å². The van der Waals surface area contributed by atoms with Crippen LogP contribution in [-0.4, -0.2) is 24.9 Å². The quantitative estimate of drug-likeness (QED) is 0.128. The van der Waals surface area contributed by atoms with Crippen LogP contribution >= 0.6 is 23.0 Å². The molecule has 6 nitrogen and oxygen atoms in total. The van der Waals surface area contributed by atoms with Crippen molar-refractivity contribution in [2.45, 2.75) is 0 Å². The molecule has 0 spiro atoms. The van der Waals surface area contributed by atoms with Gasteiger partial charge in [0.25, 0.3) is 0 Å². The van der Waals surface area contributed by atoms with Crippen molar-refractivity contribution in [1.29, 1.82) is 0 Å². The first-order valence-corrected chi connectivity index (χ1v) is 17.8. The largest absolute Gasteiger partial charge is 0.427 e. The van der Waals surface area contributed by atoms with E-state index >= 15 is 0 Å². The fraction of sp³-hybridized carbons (Fsp3) is 0. The summed E-state index contributed by atoms with van der Waals surface area (Å²) in [5.74, 6) is 2.41. The van der Waals surface area contributed by atoms with Crippen molar-refractivity contribution in [3.8, 4) is 51.3 Å². The molecule has 0 aliphatic rings. The Morgan fingerprint density at radius 1 is 0.365 bits per heavy atom. The van der Waals surface area contributed by atoms with Crippen molar-refractivity contribution in [3.63, 3.8) is 0 Å². The van der Waals surface area contributed by atoms with Gasteiger partial charge in [0.2, 0.25) is 0 Å². The van der Waals surface area contributed by atoms with Crippen LogP contribution in [-0.2, 0) is 0 Å². The molecule has 10 rings (SSSR count). The smallest absolute Gasteiger partial charge is 0.192 e. The molecule has 0 amide bonds. The second kappa shape index (κ2) is 12.5. The Balaban J connectivity index is 1.18. The highest BCUT2D eigenvalue weighted by atomic mass is 127. The number of nitrogens with zero attached hydrogens (tertiary/aromatic N) is 5. The standard InChI is InChI=1S/C45H26IN5O/c46-52-40-17-9-8-16-36(40)38-24-21-27-18-19-28-22-25-39(48-42(28)41(27)47-38)45-50-43(29-10-2-1-3-11-29)49-44(51-45)30-20-23-35-33-14-5-4-12-31(33)32-13-6-7-15-34(32)37(35)26-30/h1-26H. The van der Waals surface area contributed by atoms with Gasteiger partial charge in [-0.3, -0.25) is 0 Å². The van der Waals surface area contributed by atoms with E-state index in [2.05, 4.69) is 91.0 Å². The topological polar surface area (TPSA) is 73.7 Å².